The van der Waals surface area contributed by atoms with E-state index in [0.29, 0.717) is 5.56 Å². The van der Waals surface area contributed by atoms with Gasteiger partial charge in [-0.1, -0.05) is 12.1 Å². The van der Waals surface area contributed by atoms with Crippen LogP contribution in [0.5, 0.6) is 0 Å². The molecule has 1 N–H and O–H groups in total. The average molecular weight is 225 g/mol. The van der Waals surface area contributed by atoms with Crippen molar-refractivity contribution in [3.05, 3.63) is 29.8 Å². The van der Waals surface area contributed by atoms with E-state index in [0.717, 1.165) is 24.4 Å². The molecule has 82 valence electrons. The van der Waals surface area contributed by atoms with E-state index in [1.54, 1.807) is 6.07 Å². The Bertz CT molecular complexity index is 328. The van der Waals surface area contributed by atoms with E-state index in [1.807, 2.05) is 18.2 Å². The lowest BCUT2D eigenvalue weighted by Gasteiger charge is -2.09. The third-order valence-electron chi connectivity index (χ3n) is 1.98. The molecule has 0 aliphatic heterocycles. The molecule has 4 heteroatoms. The van der Waals surface area contributed by atoms with Gasteiger partial charge in [0.1, 0.15) is 0 Å². The first-order chi connectivity index (χ1) is 7.29. The number of para-hydroxylation sites is 1. The van der Waals surface area contributed by atoms with Crippen molar-refractivity contribution in [1.82, 2.24) is 0 Å². The first-order valence-electron chi connectivity index (χ1n) is 4.81. The van der Waals surface area contributed by atoms with Crippen molar-refractivity contribution >= 4 is 24.3 Å². The number of hydrogen-bond donors (Lipinski definition) is 2. The number of hydrogen-bond acceptors (Lipinski definition) is 4. The summed E-state index contributed by atoms with van der Waals surface area (Å²) in [7, 11) is 1.38. The van der Waals surface area contributed by atoms with E-state index in [1.165, 1.54) is 7.11 Å². The minimum Gasteiger partial charge on any atom is -0.465 e. The Morgan fingerprint density at radius 3 is 2.87 bits per heavy atom. The second-order valence-corrected chi connectivity index (χ2v) is 3.49. The largest absolute Gasteiger partial charge is 0.465 e. The molecule has 1 rings (SSSR count). The number of esters is 1. The summed E-state index contributed by atoms with van der Waals surface area (Å²) in [5.41, 5.74) is 1.38. The highest BCUT2D eigenvalue weighted by Crippen LogP contribution is 2.15. The van der Waals surface area contributed by atoms with E-state index in [-0.39, 0.29) is 5.97 Å². The Morgan fingerprint density at radius 1 is 1.47 bits per heavy atom. The molecule has 1 aromatic rings. The highest BCUT2D eigenvalue weighted by Gasteiger charge is 2.09. The van der Waals surface area contributed by atoms with Crippen molar-refractivity contribution in [3.63, 3.8) is 0 Å². The van der Waals surface area contributed by atoms with Crippen molar-refractivity contribution in [1.29, 1.82) is 0 Å². The van der Waals surface area contributed by atoms with Crippen LogP contribution in [0.25, 0.3) is 0 Å². The molecule has 0 saturated heterocycles. The molecule has 0 heterocycles. The van der Waals surface area contributed by atoms with E-state index >= 15 is 0 Å². The molecule has 0 unspecified atom stereocenters. The van der Waals surface area contributed by atoms with Crippen LogP contribution in [-0.4, -0.2) is 25.4 Å². The normalized spacial score (nSPS) is 9.73. The van der Waals surface area contributed by atoms with Gasteiger partial charge in [-0.05, 0) is 24.3 Å². The maximum Gasteiger partial charge on any atom is 0.339 e. The van der Waals surface area contributed by atoms with E-state index in [2.05, 4.69) is 22.7 Å². The molecule has 0 aromatic heterocycles. The Labute approximate surface area is 95.2 Å². The molecule has 0 radical (unpaired) electrons. The Morgan fingerprint density at radius 2 is 2.20 bits per heavy atom. The van der Waals surface area contributed by atoms with E-state index in [9.17, 15) is 4.79 Å². The summed E-state index contributed by atoms with van der Waals surface area (Å²) in [5.74, 6) is 0.511. The van der Waals surface area contributed by atoms with Gasteiger partial charge in [0.25, 0.3) is 0 Å². The summed E-state index contributed by atoms with van der Waals surface area (Å²) in [5, 5.41) is 3.18. The Balaban J connectivity index is 2.73. The first-order valence-corrected chi connectivity index (χ1v) is 5.45. The van der Waals surface area contributed by atoms with Crippen molar-refractivity contribution < 1.29 is 9.53 Å². The van der Waals surface area contributed by atoms with Crippen molar-refractivity contribution in [2.75, 3.05) is 24.7 Å². The van der Waals surface area contributed by atoms with Gasteiger partial charge in [-0.15, -0.1) is 0 Å². The lowest BCUT2D eigenvalue weighted by atomic mass is 10.2. The van der Waals surface area contributed by atoms with Crippen LogP contribution in [0.3, 0.4) is 0 Å². The average Bonchev–Trinajstić information content (AvgIpc) is 2.29. The number of thiol groups is 1. The maximum absolute atomic E-state index is 11.4. The molecule has 0 fully saturated rings. The zero-order valence-corrected chi connectivity index (χ0v) is 9.59. The van der Waals surface area contributed by atoms with Crippen LogP contribution in [0.4, 0.5) is 5.69 Å². The second kappa shape index (κ2) is 6.35. The molecule has 0 amide bonds. The van der Waals surface area contributed by atoms with Crippen LogP contribution >= 0.6 is 12.6 Å². The first kappa shape index (κ1) is 11.9. The quantitative estimate of drug-likeness (QED) is 0.458. The zero-order chi connectivity index (χ0) is 11.1. The molecular weight excluding hydrogens is 210 g/mol. The lowest BCUT2D eigenvalue weighted by molar-refractivity contribution is 0.0602. The minimum atomic E-state index is -0.316. The van der Waals surface area contributed by atoms with Gasteiger partial charge in [0.05, 0.1) is 12.7 Å². The third kappa shape index (κ3) is 3.47. The smallest absolute Gasteiger partial charge is 0.339 e. The van der Waals surface area contributed by atoms with Crippen LogP contribution in [0.2, 0.25) is 0 Å². The van der Waals surface area contributed by atoms with Crippen LogP contribution in [0.1, 0.15) is 16.8 Å². The van der Waals surface area contributed by atoms with Crippen LogP contribution in [0, 0.1) is 0 Å². The fourth-order valence-electron chi connectivity index (χ4n) is 1.23. The second-order valence-electron chi connectivity index (χ2n) is 3.04. The van der Waals surface area contributed by atoms with Gasteiger partial charge in [0, 0.05) is 12.2 Å². The summed E-state index contributed by atoms with van der Waals surface area (Å²) in [6, 6.07) is 7.31. The van der Waals surface area contributed by atoms with Gasteiger partial charge in [0.15, 0.2) is 0 Å². The van der Waals surface area contributed by atoms with Crippen LogP contribution < -0.4 is 5.32 Å². The van der Waals surface area contributed by atoms with Gasteiger partial charge < -0.3 is 10.1 Å². The maximum atomic E-state index is 11.4. The predicted molar refractivity (Wildman–Crippen MR) is 64.7 cm³/mol. The number of anilines is 1. The van der Waals surface area contributed by atoms with Crippen molar-refractivity contribution in [3.8, 4) is 0 Å². The summed E-state index contributed by atoms with van der Waals surface area (Å²) in [6.07, 6.45) is 0.957. The number of carbonyl (C=O) groups excluding carboxylic acids is 1. The number of methoxy groups -OCH3 is 1. The summed E-state index contributed by atoms with van der Waals surface area (Å²) >= 11 is 4.12. The summed E-state index contributed by atoms with van der Waals surface area (Å²) in [6.45, 7) is 0.803. The third-order valence-corrected chi connectivity index (χ3v) is 2.30. The minimum absolute atomic E-state index is 0.316. The molecule has 15 heavy (non-hydrogen) atoms. The van der Waals surface area contributed by atoms with Crippen LogP contribution in [0.15, 0.2) is 24.3 Å². The fourth-order valence-corrected chi connectivity index (χ4v) is 1.39. The summed E-state index contributed by atoms with van der Waals surface area (Å²) in [4.78, 5) is 11.4. The molecular formula is C11H15NO2S. The van der Waals surface area contributed by atoms with Crippen molar-refractivity contribution in [2.24, 2.45) is 0 Å². The molecule has 0 saturated carbocycles. The Hall–Kier alpha value is -1.16. The molecule has 0 bridgehead atoms. The molecule has 0 atom stereocenters. The van der Waals surface area contributed by atoms with Gasteiger partial charge in [-0.2, -0.15) is 12.6 Å². The number of rotatable bonds is 5. The fraction of sp³-hybridized carbons (Fsp3) is 0.364. The number of ether oxygens (including phenoxy) is 1. The zero-order valence-electron chi connectivity index (χ0n) is 8.69. The standard InChI is InChI=1S/C11H15NO2S/c1-14-11(13)9-5-2-3-6-10(9)12-7-4-8-15/h2-3,5-6,12,15H,4,7-8H2,1H3. The monoisotopic (exact) mass is 225 g/mol. The van der Waals surface area contributed by atoms with Gasteiger partial charge in [-0.3, -0.25) is 0 Å². The molecule has 3 nitrogen and oxygen atoms in total. The van der Waals surface area contributed by atoms with E-state index < -0.39 is 0 Å². The molecule has 0 aliphatic rings. The number of benzene rings is 1. The topological polar surface area (TPSA) is 38.3 Å². The SMILES string of the molecule is COC(=O)c1ccccc1NCCCS. The molecule has 1 aromatic carbocycles. The van der Waals surface area contributed by atoms with Gasteiger partial charge >= 0.3 is 5.97 Å². The molecule has 0 aliphatic carbocycles. The predicted octanol–water partition coefficient (Wildman–Crippen LogP) is 2.21. The highest BCUT2D eigenvalue weighted by atomic mass is 32.1. The van der Waals surface area contributed by atoms with Gasteiger partial charge in [-0.25, -0.2) is 4.79 Å². The number of nitrogens with one attached hydrogen (secondary N) is 1. The number of carbonyl (C=O) groups is 1. The van der Waals surface area contributed by atoms with Crippen molar-refractivity contribution in [2.45, 2.75) is 6.42 Å². The molecule has 0 spiro atoms. The Kier molecular flexibility index (Phi) is 5.04. The van der Waals surface area contributed by atoms with Crippen LogP contribution in [-0.2, 0) is 4.74 Å². The van der Waals surface area contributed by atoms with Gasteiger partial charge in [0.2, 0.25) is 0 Å². The van der Waals surface area contributed by atoms with E-state index in [4.69, 9.17) is 0 Å². The lowest BCUT2D eigenvalue weighted by Crippen LogP contribution is -2.09. The highest BCUT2D eigenvalue weighted by molar-refractivity contribution is 7.80. The summed E-state index contributed by atoms with van der Waals surface area (Å²) < 4.78 is 4.69.